The summed E-state index contributed by atoms with van der Waals surface area (Å²) < 4.78 is 5.14. The minimum atomic E-state index is -0.296. The number of nitrogens with one attached hydrogen (secondary N) is 1. The van der Waals surface area contributed by atoms with E-state index in [1.807, 2.05) is 30.7 Å². The zero-order chi connectivity index (χ0) is 13.8. The van der Waals surface area contributed by atoms with Crippen LogP contribution < -0.4 is 5.32 Å². The van der Waals surface area contributed by atoms with Crippen LogP contribution in [0.3, 0.4) is 0 Å². The smallest absolute Gasteiger partial charge is 0.338 e. The van der Waals surface area contributed by atoms with Crippen molar-refractivity contribution < 1.29 is 9.53 Å². The summed E-state index contributed by atoms with van der Waals surface area (Å²) in [5, 5.41) is 5.96. The van der Waals surface area contributed by atoms with E-state index in [1.54, 1.807) is 18.3 Å². The summed E-state index contributed by atoms with van der Waals surface area (Å²) in [7, 11) is 0. The van der Waals surface area contributed by atoms with Gasteiger partial charge in [0.05, 0.1) is 12.2 Å². The van der Waals surface area contributed by atoms with Gasteiger partial charge in [-0.05, 0) is 31.5 Å². The molecule has 1 N–H and O–H groups in total. The summed E-state index contributed by atoms with van der Waals surface area (Å²) >= 11 is 3.13. The largest absolute Gasteiger partial charge is 0.463 e. The predicted octanol–water partition coefficient (Wildman–Crippen LogP) is 2.95. The first kappa shape index (κ1) is 14.1. The van der Waals surface area contributed by atoms with Gasteiger partial charge in [-0.2, -0.15) is 0 Å². The lowest BCUT2D eigenvalue weighted by Crippen LogP contribution is -2.30. The van der Waals surface area contributed by atoms with Crippen LogP contribution in [-0.4, -0.2) is 24.0 Å². The molecule has 0 saturated heterocycles. The number of carbonyl (C=O) groups is 1. The molecule has 0 amide bonds. The molecule has 1 aliphatic heterocycles. The molecule has 102 valence electrons. The fourth-order valence-electron chi connectivity index (χ4n) is 1.88. The van der Waals surface area contributed by atoms with E-state index >= 15 is 0 Å². The molecule has 0 aliphatic carbocycles. The molecule has 2 heterocycles. The Kier molecular flexibility index (Phi) is 4.66. The van der Waals surface area contributed by atoms with E-state index in [1.165, 1.54) is 11.8 Å². The first-order valence-electron chi connectivity index (χ1n) is 5.97. The van der Waals surface area contributed by atoms with Crippen LogP contribution in [0.2, 0.25) is 0 Å². The van der Waals surface area contributed by atoms with Crippen molar-refractivity contribution in [1.29, 1.82) is 0 Å². The molecular weight excluding hydrogens is 280 g/mol. The Balaban J connectivity index is 2.40. The molecule has 19 heavy (non-hydrogen) atoms. The molecule has 1 aromatic rings. The zero-order valence-electron chi connectivity index (χ0n) is 11.1. The average molecular weight is 296 g/mol. The summed E-state index contributed by atoms with van der Waals surface area (Å²) in [4.78, 5) is 17.8. The third-order valence-electron chi connectivity index (χ3n) is 2.72. The van der Waals surface area contributed by atoms with E-state index in [0.717, 1.165) is 15.7 Å². The average Bonchev–Trinajstić information content (AvgIpc) is 2.91. The third-order valence-corrected chi connectivity index (χ3v) is 4.24. The molecule has 0 bridgehead atoms. The Morgan fingerprint density at radius 2 is 2.42 bits per heavy atom. The Morgan fingerprint density at radius 1 is 1.63 bits per heavy atom. The highest BCUT2D eigenvalue weighted by atomic mass is 32.2. The number of carbonyl (C=O) groups excluding carboxylic acids is 1. The molecule has 6 heteroatoms. The van der Waals surface area contributed by atoms with Gasteiger partial charge < -0.3 is 10.1 Å². The topological polar surface area (TPSA) is 50.7 Å². The SMILES string of the molecule is CCOC(=O)C1=C(C)NC(SC)=N[C@H]1c1cccs1. The van der Waals surface area contributed by atoms with E-state index in [-0.39, 0.29) is 12.0 Å². The molecule has 0 aromatic carbocycles. The maximum atomic E-state index is 12.1. The van der Waals surface area contributed by atoms with Gasteiger partial charge in [-0.15, -0.1) is 11.3 Å². The standard InChI is InChI=1S/C13H16N2O2S2/c1-4-17-12(16)10-8(2)14-13(18-3)15-11(10)9-6-5-7-19-9/h5-7,11H,4H2,1-3H3,(H,14,15)/t11-/m0/s1. The van der Waals surface area contributed by atoms with Gasteiger partial charge in [0.1, 0.15) is 6.04 Å². The summed E-state index contributed by atoms with van der Waals surface area (Å²) in [5.74, 6) is -0.296. The number of aliphatic imine (C=N–C) groups is 1. The van der Waals surface area contributed by atoms with Gasteiger partial charge in [-0.1, -0.05) is 17.8 Å². The Bertz CT molecular complexity index is 521. The molecule has 0 spiro atoms. The van der Waals surface area contributed by atoms with Crippen molar-refractivity contribution in [2.45, 2.75) is 19.9 Å². The summed E-state index contributed by atoms with van der Waals surface area (Å²) in [6.45, 7) is 4.06. The van der Waals surface area contributed by atoms with Crippen LogP contribution in [0.15, 0.2) is 33.8 Å². The van der Waals surface area contributed by atoms with Crippen LogP contribution >= 0.6 is 23.1 Å². The quantitative estimate of drug-likeness (QED) is 0.871. The molecule has 4 nitrogen and oxygen atoms in total. The molecular formula is C13H16N2O2S2. The molecule has 2 rings (SSSR count). The fourth-order valence-corrected chi connectivity index (χ4v) is 3.11. The highest BCUT2D eigenvalue weighted by Crippen LogP contribution is 2.34. The van der Waals surface area contributed by atoms with Crippen LogP contribution in [0.25, 0.3) is 0 Å². The number of amidine groups is 1. The van der Waals surface area contributed by atoms with Gasteiger partial charge in [-0.3, -0.25) is 0 Å². The van der Waals surface area contributed by atoms with Crippen molar-refractivity contribution in [3.63, 3.8) is 0 Å². The predicted molar refractivity (Wildman–Crippen MR) is 80.5 cm³/mol. The molecule has 0 saturated carbocycles. The summed E-state index contributed by atoms with van der Waals surface area (Å²) in [5.41, 5.74) is 1.42. The van der Waals surface area contributed by atoms with Gasteiger partial charge in [0.15, 0.2) is 5.17 Å². The van der Waals surface area contributed by atoms with E-state index in [4.69, 9.17) is 4.74 Å². The van der Waals surface area contributed by atoms with E-state index in [0.29, 0.717) is 12.2 Å². The summed E-state index contributed by atoms with van der Waals surface area (Å²) in [6.07, 6.45) is 1.96. The number of esters is 1. The number of nitrogens with zero attached hydrogens (tertiary/aromatic N) is 1. The lowest BCUT2D eigenvalue weighted by molar-refractivity contribution is -0.138. The van der Waals surface area contributed by atoms with Gasteiger partial charge in [0.25, 0.3) is 0 Å². The highest BCUT2D eigenvalue weighted by molar-refractivity contribution is 8.13. The maximum absolute atomic E-state index is 12.1. The van der Waals surface area contributed by atoms with Crippen molar-refractivity contribution in [2.75, 3.05) is 12.9 Å². The summed E-state index contributed by atoms with van der Waals surface area (Å²) in [6, 6.07) is 3.70. The number of hydrogen-bond donors (Lipinski definition) is 1. The number of thiophene rings is 1. The highest BCUT2D eigenvalue weighted by Gasteiger charge is 2.30. The van der Waals surface area contributed by atoms with E-state index in [2.05, 4.69) is 10.3 Å². The van der Waals surface area contributed by atoms with Crippen LogP contribution in [-0.2, 0) is 9.53 Å². The Hall–Kier alpha value is -1.27. The Morgan fingerprint density at radius 3 is 3.00 bits per heavy atom. The van der Waals surface area contributed by atoms with E-state index < -0.39 is 0 Å². The molecule has 1 aliphatic rings. The van der Waals surface area contributed by atoms with Crippen molar-refractivity contribution >= 4 is 34.2 Å². The second kappa shape index (κ2) is 6.25. The first-order valence-corrected chi connectivity index (χ1v) is 8.08. The van der Waals surface area contributed by atoms with Crippen molar-refractivity contribution in [1.82, 2.24) is 5.32 Å². The fraction of sp³-hybridized carbons (Fsp3) is 0.385. The van der Waals surface area contributed by atoms with E-state index in [9.17, 15) is 4.79 Å². The van der Waals surface area contributed by atoms with Crippen LogP contribution in [0.5, 0.6) is 0 Å². The lowest BCUT2D eigenvalue weighted by Gasteiger charge is -2.24. The molecule has 0 radical (unpaired) electrons. The monoisotopic (exact) mass is 296 g/mol. The normalized spacial score (nSPS) is 18.9. The third kappa shape index (κ3) is 3.01. The number of allylic oxidation sites excluding steroid dienone is 1. The molecule has 0 fully saturated rings. The maximum Gasteiger partial charge on any atom is 0.338 e. The number of rotatable bonds is 3. The number of ether oxygens (including phenoxy) is 1. The number of hydrogen-bond acceptors (Lipinski definition) is 6. The van der Waals surface area contributed by atoms with Crippen molar-refractivity contribution in [3.8, 4) is 0 Å². The van der Waals surface area contributed by atoms with Gasteiger partial charge in [-0.25, -0.2) is 9.79 Å². The molecule has 0 unspecified atom stereocenters. The van der Waals surface area contributed by atoms with Gasteiger partial charge in [0.2, 0.25) is 0 Å². The second-order valence-electron chi connectivity index (χ2n) is 3.94. The zero-order valence-corrected chi connectivity index (χ0v) is 12.7. The van der Waals surface area contributed by atoms with Gasteiger partial charge >= 0.3 is 5.97 Å². The lowest BCUT2D eigenvalue weighted by atomic mass is 10.0. The second-order valence-corrected chi connectivity index (χ2v) is 5.71. The minimum Gasteiger partial charge on any atom is -0.463 e. The van der Waals surface area contributed by atoms with Crippen molar-refractivity contribution in [3.05, 3.63) is 33.7 Å². The molecule has 1 aromatic heterocycles. The Labute approximate surface area is 121 Å². The van der Waals surface area contributed by atoms with Crippen molar-refractivity contribution in [2.24, 2.45) is 4.99 Å². The van der Waals surface area contributed by atoms with Crippen LogP contribution in [0, 0.1) is 0 Å². The number of thioether (sulfide) groups is 1. The van der Waals surface area contributed by atoms with Crippen LogP contribution in [0.4, 0.5) is 0 Å². The van der Waals surface area contributed by atoms with Crippen LogP contribution in [0.1, 0.15) is 24.8 Å². The van der Waals surface area contributed by atoms with Gasteiger partial charge in [0, 0.05) is 10.6 Å². The molecule has 1 atom stereocenters. The first-order chi connectivity index (χ1) is 9.17. The minimum absolute atomic E-state index is 0.261.